The fourth-order valence-electron chi connectivity index (χ4n) is 4.75. The van der Waals surface area contributed by atoms with Gasteiger partial charge in [0.2, 0.25) is 0 Å². The van der Waals surface area contributed by atoms with Crippen LogP contribution < -0.4 is 0 Å². The summed E-state index contributed by atoms with van der Waals surface area (Å²) in [6.07, 6.45) is 6.58. The van der Waals surface area contributed by atoms with Crippen LogP contribution in [0.4, 0.5) is 13.2 Å². The Morgan fingerprint density at radius 1 is 0.833 bits per heavy atom. The summed E-state index contributed by atoms with van der Waals surface area (Å²) in [6, 6.07) is 0. The smallest absolute Gasteiger partial charge is 0.353 e. The van der Waals surface area contributed by atoms with Crippen molar-refractivity contribution in [3.63, 3.8) is 0 Å². The second-order valence-corrected chi connectivity index (χ2v) is 7.80. The van der Waals surface area contributed by atoms with Crippen molar-refractivity contribution < 1.29 is 22.6 Å². The Morgan fingerprint density at radius 3 is 1.88 bits per heavy atom. The Labute approximate surface area is 144 Å². The molecule has 0 aliphatic heterocycles. The monoisotopic (exact) mass is 350 g/mol. The molecular formula is C19H33F3O2. The highest BCUT2D eigenvalue weighted by Gasteiger charge is 2.38. The van der Waals surface area contributed by atoms with Crippen LogP contribution in [0.15, 0.2) is 0 Å². The third-order valence-electron chi connectivity index (χ3n) is 6.42. The molecule has 2 fully saturated rings. The normalized spacial score (nSPS) is 28.9. The molecule has 0 N–H and O–H groups in total. The van der Waals surface area contributed by atoms with Gasteiger partial charge in [-0.15, -0.1) is 0 Å². The van der Waals surface area contributed by atoms with Crippen LogP contribution in [0.1, 0.15) is 77.0 Å². The van der Waals surface area contributed by atoms with Crippen LogP contribution >= 0.6 is 0 Å². The van der Waals surface area contributed by atoms with E-state index in [0.29, 0.717) is 12.3 Å². The van der Waals surface area contributed by atoms with Crippen LogP contribution in [0.2, 0.25) is 0 Å². The van der Waals surface area contributed by atoms with Gasteiger partial charge in [-0.05, 0) is 49.9 Å². The van der Waals surface area contributed by atoms with E-state index < -0.39 is 12.6 Å². The van der Waals surface area contributed by atoms with Crippen molar-refractivity contribution in [2.24, 2.45) is 17.8 Å². The van der Waals surface area contributed by atoms with Crippen molar-refractivity contribution in [2.75, 3.05) is 14.2 Å². The summed E-state index contributed by atoms with van der Waals surface area (Å²) in [4.78, 5) is 0. The molecule has 0 bridgehead atoms. The summed E-state index contributed by atoms with van der Waals surface area (Å²) in [6.45, 7) is 0. The van der Waals surface area contributed by atoms with Crippen LogP contribution in [0.3, 0.4) is 0 Å². The molecule has 24 heavy (non-hydrogen) atoms. The minimum Gasteiger partial charge on any atom is -0.353 e. The molecular weight excluding hydrogens is 317 g/mol. The molecule has 2 rings (SSSR count). The van der Waals surface area contributed by atoms with Crippen molar-refractivity contribution in [3.8, 4) is 0 Å². The second kappa shape index (κ2) is 8.88. The lowest BCUT2D eigenvalue weighted by Crippen LogP contribution is -2.39. The lowest BCUT2D eigenvalue weighted by molar-refractivity contribution is -0.229. The summed E-state index contributed by atoms with van der Waals surface area (Å²) in [5.41, 5.74) is 0. The number of hydrogen-bond donors (Lipinski definition) is 0. The van der Waals surface area contributed by atoms with Gasteiger partial charge in [-0.25, -0.2) is 0 Å². The van der Waals surface area contributed by atoms with E-state index in [-0.39, 0.29) is 5.79 Å². The fraction of sp³-hybridized carbons (Fsp3) is 1.00. The molecule has 2 aliphatic carbocycles. The predicted molar refractivity (Wildman–Crippen MR) is 88.7 cm³/mol. The topological polar surface area (TPSA) is 18.5 Å². The first kappa shape index (κ1) is 20.0. The Morgan fingerprint density at radius 2 is 1.38 bits per heavy atom. The Balaban J connectivity index is 1.63. The summed E-state index contributed by atoms with van der Waals surface area (Å²) in [5, 5.41) is 0. The molecule has 0 spiro atoms. The van der Waals surface area contributed by atoms with E-state index in [1.807, 2.05) is 0 Å². The highest BCUT2D eigenvalue weighted by atomic mass is 19.4. The molecule has 5 heteroatoms. The number of alkyl halides is 3. The zero-order chi connectivity index (χ0) is 17.6. The highest BCUT2D eigenvalue weighted by molar-refractivity contribution is 4.85. The number of rotatable bonds is 7. The van der Waals surface area contributed by atoms with Gasteiger partial charge < -0.3 is 9.47 Å². The SMILES string of the molecule is COC1(OC)CCC(C2CCC(CCCCC(F)(F)F)CC2)CC1. The maximum Gasteiger partial charge on any atom is 0.389 e. The first-order valence-corrected chi connectivity index (χ1v) is 9.54. The fourth-order valence-corrected chi connectivity index (χ4v) is 4.75. The van der Waals surface area contributed by atoms with Gasteiger partial charge in [0.25, 0.3) is 0 Å². The third kappa shape index (κ3) is 5.91. The van der Waals surface area contributed by atoms with Crippen LogP contribution in [0.5, 0.6) is 0 Å². The Kier molecular flexibility index (Phi) is 7.41. The van der Waals surface area contributed by atoms with E-state index in [1.54, 1.807) is 14.2 Å². The van der Waals surface area contributed by atoms with Crippen molar-refractivity contribution in [3.05, 3.63) is 0 Å². The first-order chi connectivity index (χ1) is 11.4. The van der Waals surface area contributed by atoms with E-state index in [4.69, 9.17) is 9.47 Å². The maximum atomic E-state index is 12.2. The molecule has 0 aromatic rings. The van der Waals surface area contributed by atoms with Crippen LogP contribution in [-0.2, 0) is 9.47 Å². The van der Waals surface area contributed by atoms with E-state index in [0.717, 1.165) is 37.5 Å². The number of methoxy groups -OCH3 is 2. The summed E-state index contributed by atoms with van der Waals surface area (Å²) < 4.78 is 47.6. The molecule has 0 unspecified atom stereocenters. The van der Waals surface area contributed by atoms with E-state index >= 15 is 0 Å². The minimum absolute atomic E-state index is 0.294. The van der Waals surface area contributed by atoms with Crippen LogP contribution in [0, 0.1) is 17.8 Å². The summed E-state index contributed by atoms with van der Waals surface area (Å²) in [5.74, 6) is 1.85. The Bertz CT molecular complexity index is 348. The van der Waals surface area contributed by atoms with Crippen LogP contribution in [-0.4, -0.2) is 26.2 Å². The van der Waals surface area contributed by atoms with Crippen molar-refractivity contribution in [1.29, 1.82) is 0 Å². The molecule has 0 amide bonds. The lowest BCUT2D eigenvalue weighted by atomic mass is 9.69. The van der Waals surface area contributed by atoms with Crippen molar-refractivity contribution in [2.45, 2.75) is 89.0 Å². The third-order valence-corrected chi connectivity index (χ3v) is 6.42. The van der Waals surface area contributed by atoms with Gasteiger partial charge >= 0.3 is 6.18 Å². The standard InChI is InChI=1S/C19H33F3O2/c1-23-18(24-2)13-10-17(11-14-18)16-8-6-15(7-9-16)5-3-4-12-19(20,21)22/h15-17H,3-14H2,1-2H3. The quantitative estimate of drug-likeness (QED) is 0.408. The molecule has 2 nitrogen and oxygen atoms in total. The van der Waals surface area contributed by atoms with E-state index in [2.05, 4.69) is 0 Å². The molecule has 2 aliphatic rings. The number of hydrogen-bond acceptors (Lipinski definition) is 2. The van der Waals surface area contributed by atoms with Crippen molar-refractivity contribution >= 4 is 0 Å². The molecule has 0 aromatic carbocycles. The molecule has 0 heterocycles. The Hall–Kier alpha value is -0.290. The number of halogens is 3. The average Bonchev–Trinajstić information content (AvgIpc) is 2.59. The predicted octanol–water partition coefficient (Wildman–Crippen LogP) is 6.09. The summed E-state index contributed by atoms with van der Waals surface area (Å²) in [7, 11) is 3.46. The van der Waals surface area contributed by atoms with Gasteiger partial charge in [0.05, 0.1) is 0 Å². The minimum atomic E-state index is -3.99. The van der Waals surface area contributed by atoms with Crippen molar-refractivity contribution in [1.82, 2.24) is 0 Å². The van der Waals surface area contributed by atoms with E-state index in [1.165, 1.54) is 38.5 Å². The molecule has 2 saturated carbocycles. The molecule has 0 aromatic heterocycles. The zero-order valence-electron chi connectivity index (χ0n) is 15.2. The van der Waals surface area contributed by atoms with Gasteiger partial charge in [-0.3, -0.25) is 0 Å². The largest absolute Gasteiger partial charge is 0.389 e. The van der Waals surface area contributed by atoms with E-state index in [9.17, 15) is 13.2 Å². The summed E-state index contributed by atoms with van der Waals surface area (Å²) >= 11 is 0. The molecule has 0 atom stereocenters. The van der Waals surface area contributed by atoms with Gasteiger partial charge in [-0.1, -0.05) is 25.7 Å². The number of unbranched alkanes of at least 4 members (excludes halogenated alkanes) is 1. The highest BCUT2D eigenvalue weighted by Crippen LogP contribution is 2.44. The van der Waals surface area contributed by atoms with Gasteiger partial charge in [-0.2, -0.15) is 13.2 Å². The number of ether oxygens (including phenoxy) is 2. The molecule has 0 radical (unpaired) electrons. The average molecular weight is 350 g/mol. The maximum absolute atomic E-state index is 12.2. The molecule has 0 saturated heterocycles. The lowest BCUT2D eigenvalue weighted by Gasteiger charge is -2.42. The van der Waals surface area contributed by atoms with Gasteiger partial charge in [0.1, 0.15) is 0 Å². The molecule has 142 valence electrons. The van der Waals surface area contributed by atoms with Gasteiger partial charge in [0.15, 0.2) is 5.79 Å². The first-order valence-electron chi connectivity index (χ1n) is 9.54. The second-order valence-electron chi connectivity index (χ2n) is 7.80. The van der Waals surface area contributed by atoms with Crippen LogP contribution in [0.25, 0.3) is 0 Å². The van der Waals surface area contributed by atoms with Gasteiger partial charge in [0, 0.05) is 33.5 Å². The zero-order valence-corrected chi connectivity index (χ0v) is 15.2.